The van der Waals surface area contributed by atoms with E-state index in [2.05, 4.69) is 19.2 Å². The summed E-state index contributed by atoms with van der Waals surface area (Å²) in [5.74, 6) is 1.49. The van der Waals surface area contributed by atoms with E-state index in [9.17, 15) is 4.39 Å². The average Bonchev–Trinajstić information content (AvgIpc) is 2.69. The smallest absolute Gasteiger partial charge is 0.123 e. The lowest BCUT2D eigenvalue weighted by Gasteiger charge is -2.21. The van der Waals surface area contributed by atoms with E-state index in [0.717, 1.165) is 23.9 Å². The Morgan fingerprint density at radius 3 is 2.72 bits per heavy atom. The zero-order valence-corrected chi connectivity index (χ0v) is 11.7. The van der Waals surface area contributed by atoms with Crippen LogP contribution in [-0.2, 0) is 6.54 Å². The largest absolute Gasteiger partial charge is 0.310 e. The molecule has 1 nitrogen and oxygen atoms in total. The molecule has 3 unspecified atom stereocenters. The van der Waals surface area contributed by atoms with Gasteiger partial charge in [-0.3, -0.25) is 0 Å². The highest BCUT2D eigenvalue weighted by molar-refractivity contribution is 5.26. The maximum Gasteiger partial charge on any atom is 0.123 e. The molecule has 0 spiro atoms. The van der Waals surface area contributed by atoms with Gasteiger partial charge in [-0.15, -0.1) is 0 Å². The number of aryl methyl sites for hydroxylation is 1. The van der Waals surface area contributed by atoms with Gasteiger partial charge in [-0.25, -0.2) is 4.39 Å². The Bertz CT molecular complexity index is 402. The van der Waals surface area contributed by atoms with Crippen LogP contribution in [0.3, 0.4) is 0 Å². The molecule has 0 saturated heterocycles. The van der Waals surface area contributed by atoms with Crippen LogP contribution in [0.2, 0.25) is 0 Å². The van der Waals surface area contributed by atoms with Crippen LogP contribution in [0.25, 0.3) is 0 Å². The summed E-state index contributed by atoms with van der Waals surface area (Å²) in [4.78, 5) is 0. The maximum atomic E-state index is 13.0. The van der Waals surface area contributed by atoms with Crippen LogP contribution in [0.4, 0.5) is 4.39 Å². The van der Waals surface area contributed by atoms with Crippen molar-refractivity contribution in [3.05, 3.63) is 35.1 Å². The third-order valence-electron chi connectivity index (χ3n) is 4.61. The Morgan fingerprint density at radius 1 is 1.33 bits per heavy atom. The Kier molecular flexibility index (Phi) is 4.39. The van der Waals surface area contributed by atoms with E-state index in [1.54, 1.807) is 12.1 Å². The normalized spacial score (nSPS) is 27.7. The molecule has 0 radical (unpaired) electrons. The minimum Gasteiger partial charge on any atom is -0.310 e. The van der Waals surface area contributed by atoms with E-state index in [0.29, 0.717) is 6.04 Å². The van der Waals surface area contributed by atoms with Gasteiger partial charge in [-0.1, -0.05) is 26.3 Å². The van der Waals surface area contributed by atoms with Gasteiger partial charge in [-0.05, 0) is 54.9 Å². The van der Waals surface area contributed by atoms with Crippen LogP contribution in [0.5, 0.6) is 0 Å². The molecule has 1 saturated carbocycles. The lowest BCUT2D eigenvalue weighted by Crippen LogP contribution is -2.32. The number of benzene rings is 1. The highest BCUT2D eigenvalue weighted by Gasteiger charge is 2.30. The summed E-state index contributed by atoms with van der Waals surface area (Å²) in [6.45, 7) is 7.48. The fourth-order valence-corrected chi connectivity index (χ4v) is 3.21. The van der Waals surface area contributed by atoms with Gasteiger partial charge in [0.2, 0.25) is 0 Å². The molecular weight excluding hydrogens is 225 g/mol. The van der Waals surface area contributed by atoms with Crippen molar-refractivity contribution in [3.63, 3.8) is 0 Å². The van der Waals surface area contributed by atoms with Crippen molar-refractivity contribution in [2.75, 3.05) is 0 Å². The van der Waals surface area contributed by atoms with Crippen molar-refractivity contribution in [2.24, 2.45) is 11.8 Å². The molecule has 100 valence electrons. The summed E-state index contributed by atoms with van der Waals surface area (Å²) in [6.07, 6.45) is 3.91. The van der Waals surface area contributed by atoms with E-state index in [4.69, 9.17) is 0 Å². The second-order valence-electron chi connectivity index (χ2n) is 5.66. The summed E-state index contributed by atoms with van der Waals surface area (Å²) in [6, 6.07) is 5.69. The van der Waals surface area contributed by atoms with Crippen LogP contribution < -0.4 is 5.32 Å². The van der Waals surface area contributed by atoms with Gasteiger partial charge in [0.1, 0.15) is 5.82 Å². The van der Waals surface area contributed by atoms with E-state index in [1.807, 2.05) is 13.0 Å². The zero-order chi connectivity index (χ0) is 13.1. The lowest BCUT2D eigenvalue weighted by molar-refractivity contribution is 0.344. The fraction of sp³-hybridized carbons (Fsp3) is 0.625. The molecule has 0 amide bonds. The van der Waals surface area contributed by atoms with Crippen LogP contribution in [-0.4, -0.2) is 6.04 Å². The van der Waals surface area contributed by atoms with Crippen LogP contribution >= 0.6 is 0 Å². The van der Waals surface area contributed by atoms with Gasteiger partial charge in [0.15, 0.2) is 0 Å². The first-order chi connectivity index (χ1) is 8.61. The van der Waals surface area contributed by atoms with Gasteiger partial charge in [0.25, 0.3) is 0 Å². The SMILES string of the molecule is CCC1CCC(NCc2ccc(F)cc2C)C1C. The van der Waals surface area contributed by atoms with E-state index < -0.39 is 0 Å². The quantitative estimate of drug-likeness (QED) is 0.849. The highest BCUT2D eigenvalue weighted by Crippen LogP contribution is 2.34. The minimum atomic E-state index is -0.142. The Labute approximate surface area is 110 Å². The van der Waals surface area contributed by atoms with Crippen molar-refractivity contribution in [3.8, 4) is 0 Å². The Hall–Kier alpha value is -0.890. The van der Waals surface area contributed by atoms with Crippen LogP contribution in [0, 0.1) is 24.6 Å². The predicted octanol–water partition coefficient (Wildman–Crippen LogP) is 4.05. The molecule has 2 heteroatoms. The maximum absolute atomic E-state index is 13.0. The second kappa shape index (κ2) is 5.83. The van der Waals surface area contributed by atoms with Crippen molar-refractivity contribution in [1.82, 2.24) is 5.32 Å². The third-order valence-corrected chi connectivity index (χ3v) is 4.61. The monoisotopic (exact) mass is 249 g/mol. The Balaban J connectivity index is 1.92. The minimum absolute atomic E-state index is 0.142. The first-order valence-electron chi connectivity index (χ1n) is 7.10. The van der Waals surface area contributed by atoms with Gasteiger partial charge in [0, 0.05) is 12.6 Å². The van der Waals surface area contributed by atoms with E-state index >= 15 is 0 Å². The Morgan fingerprint density at radius 2 is 2.11 bits per heavy atom. The first-order valence-corrected chi connectivity index (χ1v) is 7.10. The van der Waals surface area contributed by atoms with Crippen molar-refractivity contribution < 1.29 is 4.39 Å². The summed E-state index contributed by atoms with van der Waals surface area (Å²) < 4.78 is 13.0. The molecule has 1 aromatic rings. The number of nitrogens with one attached hydrogen (secondary N) is 1. The highest BCUT2D eigenvalue weighted by atomic mass is 19.1. The molecule has 18 heavy (non-hydrogen) atoms. The number of rotatable bonds is 4. The molecule has 0 heterocycles. The molecule has 0 bridgehead atoms. The molecule has 2 rings (SSSR count). The standard InChI is InChI=1S/C16H24FN/c1-4-13-6-8-16(12(13)3)18-10-14-5-7-15(17)9-11(14)2/h5,7,9,12-13,16,18H,4,6,8,10H2,1-3H3. The molecule has 1 aromatic carbocycles. The third kappa shape index (κ3) is 2.92. The van der Waals surface area contributed by atoms with E-state index in [1.165, 1.54) is 24.8 Å². The number of halogens is 1. The molecule has 1 aliphatic carbocycles. The predicted molar refractivity (Wildman–Crippen MR) is 73.9 cm³/mol. The second-order valence-corrected chi connectivity index (χ2v) is 5.66. The fourth-order valence-electron chi connectivity index (χ4n) is 3.21. The summed E-state index contributed by atoms with van der Waals surface area (Å²) in [5.41, 5.74) is 2.25. The topological polar surface area (TPSA) is 12.0 Å². The van der Waals surface area contributed by atoms with Crippen LogP contribution in [0.15, 0.2) is 18.2 Å². The molecule has 1 aliphatic rings. The van der Waals surface area contributed by atoms with Gasteiger partial charge >= 0.3 is 0 Å². The summed E-state index contributed by atoms with van der Waals surface area (Å²) in [5, 5.41) is 3.65. The molecule has 3 atom stereocenters. The van der Waals surface area contributed by atoms with E-state index in [-0.39, 0.29) is 5.82 Å². The molecule has 1 fully saturated rings. The summed E-state index contributed by atoms with van der Waals surface area (Å²) in [7, 11) is 0. The van der Waals surface area contributed by atoms with Gasteiger partial charge < -0.3 is 5.32 Å². The number of hydrogen-bond acceptors (Lipinski definition) is 1. The van der Waals surface area contributed by atoms with Crippen molar-refractivity contribution in [2.45, 2.75) is 52.6 Å². The molecule has 0 aliphatic heterocycles. The molecular formula is C16H24FN. The van der Waals surface area contributed by atoms with Gasteiger partial charge in [-0.2, -0.15) is 0 Å². The van der Waals surface area contributed by atoms with Crippen molar-refractivity contribution >= 4 is 0 Å². The van der Waals surface area contributed by atoms with Crippen molar-refractivity contribution in [1.29, 1.82) is 0 Å². The number of hydrogen-bond donors (Lipinski definition) is 1. The first kappa shape index (κ1) is 13.5. The lowest BCUT2D eigenvalue weighted by atomic mass is 9.93. The van der Waals surface area contributed by atoms with Crippen LogP contribution in [0.1, 0.15) is 44.2 Å². The van der Waals surface area contributed by atoms with Gasteiger partial charge in [0.05, 0.1) is 0 Å². The molecule has 0 aromatic heterocycles. The average molecular weight is 249 g/mol. The summed E-state index contributed by atoms with van der Waals surface area (Å²) >= 11 is 0. The zero-order valence-electron chi connectivity index (χ0n) is 11.7. The molecule has 1 N–H and O–H groups in total.